The number of benzene rings is 6. The molecule has 0 spiro atoms. The molecule has 58 heavy (non-hydrogen) atoms. The van der Waals surface area contributed by atoms with Gasteiger partial charge in [0.2, 0.25) is 0 Å². The Morgan fingerprint density at radius 1 is 0.603 bits per heavy atom. The molecule has 0 aliphatic carbocycles. The van der Waals surface area contributed by atoms with Crippen LogP contribution in [0.2, 0.25) is 17.3 Å². The molecule has 0 saturated heterocycles. The van der Waals surface area contributed by atoms with Crippen LogP contribution in [0.25, 0.3) is 83.6 Å². The maximum Gasteiger partial charge on any atom is 0.0774 e. The number of rotatable bonds is 6. The first-order valence-electron chi connectivity index (χ1n) is 19.2. The molecule has 4 heterocycles. The van der Waals surface area contributed by atoms with E-state index in [9.17, 15) is 0 Å². The summed E-state index contributed by atoms with van der Waals surface area (Å²) < 4.78 is 9.57. The summed E-state index contributed by atoms with van der Waals surface area (Å²) in [7, 11) is 0. The van der Waals surface area contributed by atoms with Crippen molar-refractivity contribution < 1.29 is 24.5 Å². The van der Waals surface area contributed by atoms with Crippen LogP contribution in [0.3, 0.4) is 0 Å². The molecule has 6 aromatic carbocycles. The summed E-state index contributed by atoms with van der Waals surface area (Å²) in [5.41, 5.74) is 13.4. The summed E-state index contributed by atoms with van der Waals surface area (Å²) in [6.07, 6.45) is 3.82. The fraction of sp³-hybridized carbons (Fsp3) is 0.0784. The van der Waals surface area contributed by atoms with E-state index in [1.807, 2.05) is 43.5 Å². The molecule has 5 nitrogen and oxygen atoms in total. The molecule has 10 rings (SSSR count). The van der Waals surface area contributed by atoms with Gasteiger partial charge in [-0.15, -0.1) is 35.9 Å². The number of hydrogen-bond acceptors (Lipinski definition) is 4. The largest absolute Gasteiger partial charge is 0.332 e. The van der Waals surface area contributed by atoms with Crippen molar-refractivity contribution in [2.24, 2.45) is 0 Å². The predicted molar refractivity (Wildman–Crippen MR) is 238 cm³/mol. The van der Waals surface area contributed by atoms with E-state index in [4.69, 9.17) is 9.40 Å². The quantitative estimate of drug-likeness (QED) is 0.123. The van der Waals surface area contributed by atoms with Crippen LogP contribution in [-0.4, -0.2) is 32.8 Å². The summed E-state index contributed by atoms with van der Waals surface area (Å²) in [5.74, 6) is 8.02. The van der Waals surface area contributed by atoms with E-state index in [1.165, 1.54) is 15.5 Å². The Kier molecular flexibility index (Phi) is 11.1. The average molecular weight is 990 g/mol. The number of pyridine rings is 2. The minimum atomic E-state index is -1.83. The molecule has 0 bridgehead atoms. The number of aryl methyl sites for hydroxylation is 1. The Morgan fingerprint density at radius 2 is 1.28 bits per heavy atom. The van der Waals surface area contributed by atoms with Crippen LogP contribution >= 0.6 is 0 Å². The molecule has 1 radical (unpaired) electrons. The SMILES string of the molecule is Cc1cc2c(cn1)oc1c[c-]c(-c3cc[c]([Ge]([CH3])([CH3])[CH3])cn3)cc12.[Ir].[c-]1ccccc1-c1nc2ccccc2n1-c1c(-c2ccccc2)cccc1-c1ccccc1. The van der Waals surface area contributed by atoms with E-state index in [1.54, 1.807) is 6.20 Å². The minimum absolute atomic E-state index is 0. The van der Waals surface area contributed by atoms with Crippen molar-refractivity contribution in [1.82, 2.24) is 19.5 Å². The molecule has 0 unspecified atom stereocenters. The Bertz CT molecular complexity index is 2930. The van der Waals surface area contributed by atoms with E-state index >= 15 is 0 Å². The van der Waals surface area contributed by atoms with E-state index in [2.05, 4.69) is 171 Å². The summed E-state index contributed by atoms with van der Waals surface area (Å²) in [6, 6.07) is 61.2. The van der Waals surface area contributed by atoms with Crippen molar-refractivity contribution in [2.45, 2.75) is 24.2 Å². The zero-order valence-corrected chi connectivity index (χ0v) is 37.2. The van der Waals surface area contributed by atoms with E-state index in [0.717, 1.165) is 78.1 Å². The molecule has 0 atom stereocenters. The molecule has 4 aromatic heterocycles. The zero-order chi connectivity index (χ0) is 38.9. The first-order chi connectivity index (χ1) is 27.8. The van der Waals surface area contributed by atoms with Crippen LogP contribution in [0.4, 0.5) is 0 Å². The predicted octanol–water partition coefficient (Wildman–Crippen LogP) is 12.5. The van der Waals surface area contributed by atoms with Crippen LogP contribution in [0.5, 0.6) is 0 Å². The monoisotopic (exact) mass is 991 g/mol. The molecule has 0 fully saturated rings. The van der Waals surface area contributed by atoms with Gasteiger partial charge in [0, 0.05) is 31.2 Å². The van der Waals surface area contributed by atoms with Gasteiger partial charge in [0.25, 0.3) is 0 Å². The molecule has 7 heteroatoms. The number of imidazole rings is 1. The Morgan fingerprint density at radius 3 is 1.93 bits per heavy atom. The molecule has 0 aliphatic heterocycles. The average Bonchev–Trinajstić information content (AvgIpc) is 3.82. The van der Waals surface area contributed by atoms with Crippen LogP contribution in [-0.2, 0) is 20.1 Å². The number of fused-ring (bicyclic) bond motifs is 4. The molecule has 0 saturated carbocycles. The molecular formula is C51H40GeIrN4O-2. The van der Waals surface area contributed by atoms with Crippen molar-refractivity contribution in [2.75, 3.05) is 0 Å². The van der Waals surface area contributed by atoms with Crippen molar-refractivity contribution >= 4 is 50.6 Å². The van der Waals surface area contributed by atoms with Gasteiger partial charge in [0.05, 0.1) is 22.5 Å². The maximum absolute atomic E-state index is 5.86. The van der Waals surface area contributed by atoms with Crippen LogP contribution in [0, 0.1) is 19.1 Å². The van der Waals surface area contributed by atoms with Gasteiger partial charge in [-0.25, -0.2) is 0 Å². The van der Waals surface area contributed by atoms with Gasteiger partial charge < -0.3 is 4.57 Å². The second-order valence-electron chi connectivity index (χ2n) is 15.2. The number of furan rings is 1. The van der Waals surface area contributed by atoms with E-state index in [0.29, 0.717) is 0 Å². The molecule has 285 valence electrons. The Hall–Kier alpha value is -5.92. The maximum atomic E-state index is 5.86. The van der Waals surface area contributed by atoms with Crippen molar-refractivity contribution in [3.63, 3.8) is 0 Å². The van der Waals surface area contributed by atoms with Gasteiger partial charge in [-0.05, 0) is 23.3 Å². The second-order valence-corrected chi connectivity index (χ2v) is 25.9. The summed E-state index contributed by atoms with van der Waals surface area (Å²) in [4.78, 5) is 14.0. The van der Waals surface area contributed by atoms with Crippen molar-refractivity contribution in [1.29, 1.82) is 0 Å². The molecule has 0 amide bonds. The molecule has 0 aliphatic rings. The topological polar surface area (TPSA) is 56.7 Å². The number of aromatic nitrogens is 4. The van der Waals surface area contributed by atoms with Gasteiger partial charge in [0.15, 0.2) is 0 Å². The van der Waals surface area contributed by atoms with Crippen LogP contribution in [0.1, 0.15) is 5.69 Å². The first kappa shape index (κ1) is 38.9. The molecule has 0 N–H and O–H groups in total. The number of hydrogen-bond donors (Lipinski definition) is 0. The molecular weight excluding hydrogens is 949 g/mol. The fourth-order valence-corrected chi connectivity index (χ4v) is 9.50. The van der Waals surface area contributed by atoms with Crippen molar-refractivity contribution in [3.8, 4) is 50.6 Å². The normalized spacial score (nSPS) is 11.3. The van der Waals surface area contributed by atoms with E-state index < -0.39 is 13.3 Å². The van der Waals surface area contributed by atoms with Crippen molar-refractivity contribution in [3.05, 3.63) is 188 Å². The van der Waals surface area contributed by atoms with Gasteiger partial charge in [-0.1, -0.05) is 91.0 Å². The van der Waals surface area contributed by atoms with Gasteiger partial charge in [-0.3, -0.25) is 4.98 Å². The Labute approximate surface area is 355 Å². The van der Waals surface area contributed by atoms with E-state index in [-0.39, 0.29) is 20.1 Å². The number of para-hydroxylation sites is 3. The fourth-order valence-electron chi connectivity index (χ4n) is 7.33. The smallest absolute Gasteiger partial charge is 0.0774 e. The third kappa shape index (κ3) is 7.71. The Balaban J connectivity index is 0.000000167. The van der Waals surface area contributed by atoms with Crippen LogP contribution in [0.15, 0.2) is 175 Å². The minimum Gasteiger partial charge on any atom is -0.332 e. The second kappa shape index (κ2) is 16.5. The van der Waals surface area contributed by atoms with Gasteiger partial charge in [-0.2, -0.15) is 0 Å². The third-order valence-electron chi connectivity index (χ3n) is 10.3. The summed E-state index contributed by atoms with van der Waals surface area (Å²) in [5, 5.41) is 2.18. The standard InChI is InChI=1S/C31H21N2.C20H19GeN2O.Ir/c1-4-13-23(14-5-1)26-19-12-20-27(24-15-6-2-7-16-24)30(26)33-29-22-11-10-21-28(29)32-31(33)25-17-8-3-9-18-25;1-13-9-16-17-10-14(5-8-19(17)24-20(16)12-22-13)18-7-6-15(11-23-18)21(2,3)4;/h1-17,19-22H;6-12H,1-4H3;/q2*-1;. The van der Waals surface area contributed by atoms with Crippen LogP contribution < -0.4 is 4.40 Å². The summed E-state index contributed by atoms with van der Waals surface area (Å²) in [6.45, 7) is 1.99. The third-order valence-corrected chi connectivity index (χ3v) is 14.5. The number of nitrogens with zero attached hydrogens (tertiary/aromatic N) is 4. The molecule has 10 aromatic rings. The van der Waals surface area contributed by atoms with Gasteiger partial charge >= 0.3 is 144 Å². The zero-order valence-electron chi connectivity index (χ0n) is 32.7. The van der Waals surface area contributed by atoms with Gasteiger partial charge in [0.1, 0.15) is 0 Å². The summed E-state index contributed by atoms with van der Waals surface area (Å²) >= 11 is -1.83. The first-order valence-corrected chi connectivity index (χ1v) is 26.5.